The Kier molecular flexibility index (Phi) is 4.12. The lowest BCUT2D eigenvalue weighted by molar-refractivity contribution is 0.0945. The summed E-state index contributed by atoms with van der Waals surface area (Å²) in [5.41, 5.74) is 6.97. The minimum atomic E-state index is -0.412. The maximum absolute atomic E-state index is 11.8. The number of carbonyl (C=O) groups excluding carboxylic acids is 1. The van der Waals surface area contributed by atoms with Gasteiger partial charge in [0.25, 0.3) is 5.91 Å². The van der Waals surface area contributed by atoms with Crippen molar-refractivity contribution in [2.45, 2.75) is 26.3 Å². The van der Waals surface area contributed by atoms with E-state index in [2.05, 4.69) is 5.32 Å². The van der Waals surface area contributed by atoms with Crippen LogP contribution in [-0.4, -0.2) is 25.1 Å². The predicted octanol–water partition coefficient (Wildman–Crippen LogP) is 1.47. The zero-order valence-electron chi connectivity index (χ0n) is 10.8. The van der Waals surface area contributed by atoms with Crippen LogP contribution in [0.4, 0.5) is 0 Å². The third-order valence-electron chi connectivity index (χ3n) is 2.37. The summed E-state index contributed by atoms with van der Waals surface area (Å²) in [7, 11) is 1.59. The Hall–Kier alpha value is -1.55. The Morgan fingerprint density at radius 3 is 2.65 bits per heavy atom. The van der Waals surface area contributed by atoms with Crippen molar-refractivity contribution in [3.8, 4) is 5.75 Å². The molecule has 0 atom stereocenters. The summed E-state index contributed by atoms with van der Waals surface area (Å²) < 4.78 is 5.18. The summed E-state index contributed by atoms with van der Waals surface area (Å²) in [6.45, 7) is 6.09. The van der Waals surface area contributed by atoms with Gasteiger partial charge in [-0.2, -0.15) is 0 Å². The number of rotatable bonds is 4. The largest absolute Gasteiger partial charge is 0.496 e. The van der Waals surface area contributed by atoms with Crippen molar-refractivity contribution in [3.63, 3.8) is 0 Å². The number of methoxy groups -OCH3 is 1. The normalized spacial score (nSPS) is 11.1. The summed E-state index contributed by atoms with van der Waals surface area (Å²) in [6.07, 6.45) is 0. The second-order valence-electron chi connectivity index (χ2n) is 4.86. The third-order valence-corrected chi connectivity index (χ3v) is 2.37. The molecule has 0 aliphatic carbocycles. The molecular formula is C13H20N2O2. The van der Waals surface area contributed by atoms with Gasteiger partial charge in [0.15, 0.2) is 0 Å². The fourth-order valence-electron chi connectivity index (χ4n) is 1.37. The Labute approximate surface area is 102 Å². The summed E-state index contributed by atoms with van der Waals surface area (Å²) in [4.78, 5) is 11.8. The molecule has 0 bridgehead atoms. The number of carbonyl (C=O) groups is 1. The smallest absolute Gasteiger partial charge is 0.251 e. The van der Waals surface area contributed by atoms with E-state index in [0.717, 1.165) is 5.56 Å². The molecule has 0 aliphatic rings. The van der Waals surface area contributed by atoms with Crippen LogP contribution >= 0.6 is 0 Å². The van der Waals surface area contributed by atoms with Crippen molar-refractivity contribution in [2.24, 2.45) is 5.73 Å². The highest BCUT2D eigenvalue weighted by atomic mass is 16.5. The standard InChI is InChI=1S/C13H20N2O2/c1-9-5-6-10(7-11(9)17-4)12(16)15-8-13(2,3)14/h5-7H,8,14H2,1-4H3,(H,15,16). The van der Waals surface area contributed by atoms with E-state index in [0.29, 0.717) is 17.9 Å². The van der Waals surface area contributed by atoms with Crippen LogP contribution in [-0.2, 0) is 0 Å². The molecule has 0 fully saturated rings. The maximum atomic E-state index is 11.8. The van der Waals surface area contributed by atoms with E-state index in [9.17, 15) is 4.79 Å². The summed E-state index contributed by atoms with van der Waals surface area (Å²) in [5.74, 6) is 0.575. The van der Waals surface area contributed by atoms with Crippen molar-refractivity contribution in [2.75, 3.05) is 13.7 Å². The van der Waals surface area contributed by atoms with Crippen LogP contribution < -0.4 is 15.8 Å². The molecule has 0 aliphatic heterocycles. The molecule has 0 saturated carbocycles. The van der Waals surface area contributed by atoms with Gasteiger partial charge >= 0.3 is 0 Å². The van der Waals surface area contributed by atoms with E-state index < -0.39 is 5.54 Å². The molecule has 1 aromatic carbocycles. The number of amides is 1. The van der Waals surface area contributed by atoms with Crippen molar-refractivity contribution in [1.29, 1.82) is 0 Å². The van der Waals surface area contributed by atoms with Crippen LogP contribution in [0.1, 0.15) is 29.8 Å². The Morgan fingerprint density at radius 1 is 1.47 bits per heavy atom. The van der Waals surface area contributed by atoms with Gasteiger partial charge in [-0.15, -0.1) is 0 Å². The van der Waals surface area contributed by atoms with Crippen molar-refractivity contribution < 1.29 is 9.53 Å². The Balaban J connectivity index is 2.76. The van der Waals surface area contributed by atoms with E-state index in [1.807, 2.05) is 26.8 Å². The summed E-state index contributed by atoms with van der Waals surface area (Å²) in [5, 5.41) is 2.79. The molecule has 94 valence electrons. The van der Waals surface area contributed by atoms with Gasteiger partial charge in [-0.25, -0.2) is 0 Å². The van der Waals surface area contributed by atoms with Gasteiger partial charge in [0.1, 0.15) is 5.75 Å². The van der Waals surface area contributed by atoms with Gasteiger partial charge in [-0.3, -0.25) is 4.79 Å². The minimum absolute atomic E-state index is 0.137. The molecule has 3 N–H and O–H groups in total. The van der Waals surface area contributed by atoms with Crippen molar-refractivity contribution in [1.82, 2.24) is 5.32 Å². The molecule has 4 heteroatoms. The van der Waals surface area contributed by atoms with Gasteiger partial charge in [-0.1, -0.05) is 6.07 Å². The molecule has 4 nitrogen and oxygen atoms in total. The number of aryl methyl sites for hydroxylation is 1. The Morgan fingerprint density at radius 2 is 2.12 bits per heavy atom. The number of benzene rings is 1. The first-order valence-corrected chi connectivity index (χ1v) is 5.55. The lowest BCUT2D eigenvalue weighted by Gasteiger charge is -2.19. The van der Waals surface area contributed by atoms with E-state index >= 15 is 0 Å². The summed E-state index contributed by atoms with van der Waals surface area (Å²) >= 11 is 0. The van der Waals surface area contributed by atoms with E-state index in [1.165, 1.54) is 0 Å². The fourth-order valence-corrected chi connectivity index (χ4v) is 1.37. The highest BCUT2D eigenvalue weighted by molar-refractivity contribution is 5.94. The Bertz CT molecular complexity index is 408. The van der Waals surface area contributed by atoms with E-state index in [-0.39, 0.29) is 5.91 Å². The van der Waals surface area contributed by atoms with Gasteiger partial charge < -0.3 is 15.8 Å². The second-order valence-corrected chi connectivity index (χ2v) is 4.86. The average Bonchev–Trinajstić information content (AvgIpc) is 2.25. The number of nitrogens with two attached hydrogens (primary N) is 1. The first kappa shape index (κ1) is 13.5. The molecule has 1 amide bonds. The van der Waals surface area contributed by atoms with Crippen LogP contribution in [0.15, 0.2) is 18.2 Å². The van der Waals surface area contributed by atoms with Crippen molar-refractivity contribution in [3.05, 3.63) is 29.3 Å². The van der Waals surface area contributed by atoms with Crippen molar-refractivity contribution >= 4 is 5.91 Å². The summed E-state index contributed by atoms with van der Waals surface area (Å²) in [6, 6.07) is 5.37. The second kappa shape index (κ2) is 5.19. The molecule has 1 aromatic rings. The van der Waals surface area contributed by atoms with E-state index in [4.69, 9.17) is 10.5 Å². The molecule has 0 aromatic heterocycles. The lowest BCUT2D eigenvalue weighted by atomic mass is 10.1. The predicted molar refractivity (Wildman–Crippen MR) is 68.3 cm³/mol. The maximum Gasteiger partial charge on any atom is 0.251 e. The minimum Gasteiger partial charge on any atom is -0.496 e. The van der Waals surface area contributed by atoms with Gasteiger partial charge in [0.05, 0.1) is 7.11 Å². The first-order chi connectivity index (χ1) is 7.83. The monoisotopic (exact) mass is 236 g/mol. The number of hydrogen-bond donors (Lipinski definition) is 2. The first-order valence-electron chi connectivity index (χ1n) is 5.55. The number of nitrogens with one attached hydrogen (secondary N) is 1. The average molecular weight is 236 g/mol. The van der Waals surface area contributed by atoms with Crippen LogP contribution in [0.3, 0.4) is 0 Å². The van der Waals surface area contributed by atoms with Gasteiger partial charge in [-0.05, 0) is 38.5 Å². The molecule has 0 radical (unpaired) electrons. The van der Waals surface area contributed by atoms with Gasteiger partial charge in [0.2, 0.25) is 0 Å². The SMILES string of the molecule is COc1cc(C(=O)NCC(C)(C)N)ccc1C. The molecule has 0 unspecified atom stereocenters. The molecule has 1 rings (SSSR count). The van der Waals surface area contributed by atoms with Crippen LogP contribution in [0.2, 0.25) is 0 Å². The molecule has 0 saturated heterocycles. The van der Waals surface area contributed by atoms with Crippen LogP contribution in [0.5, 0.6) is 5.75 Å². The fraction of sp³-hybridized carbons (Fsp3) is 0.462. The molecule has 0 heterocycles. The van der Waals surface area contributed by atoms with Gasteiger partial charge in [0, 0.05) is 17.6 Å². The molecular weight excluding hydrogens is 216 g/mol. The number of ether oxygens (including phenoxy) is 1. The third kappa shape index (κ3) is 4.07. The van der Waals surface area contributed by atoms with E-state index in [1.54, 1.807) is 19.2 Å². The zero-order chi connectivity index (χ0) is 13.1. The highest BCUT2D eigenvalue weighted by Crippen LogP contribution is 2.18. The van der Waals surface area contributed by atoms with Crippen LogP contribution in [0.25, 0.3) is 0 Å². The molecule has 0 spiro atoms. The quantitative estimate of drug-likeness (QED) is 0.832. The lowest BCUT2D eigenvalue weighted by Crippen LogP contribution is -2.45. The van der Waals surface area contributed by atoms with Crippen LogP contribution in [0, 0.1) is 6.92 Å². The number of hydrogen-bond acceptors (Lipinski definition) is 3. The highest BCUT2D eigenvalue weighted by Gasteiger charge is 2.14. The molecule has 17 heavy (non-hydrogen) atoms. The zero-order valence-corrected chi connectivity index (χ0v) is 10.8. The topological polar surface area (TPSA) is 64.3 Å².